The second-order valence-corrected chi connectivity index (χ2v) is 10.5. The molecule has 0 aliphatic carbocycles. The Balaban J connectivity index is 1.56. The lowest BCUT2D eigenvalue weighted by molar-refractivity contribution is -0.122. The first-order valence-electron chi connectivity index (χ1n) is 10.7. The van der Waals surface area contributed by atoms with Crippen molar-refractivity contribution in [3.8, 4) is 0 Å². The Hall–Kier alpha value is -3.11. The number of carbonyl (C=O) groups excluding carboxylic acids is 1. The maximum Gasteiger partial charge on any atom is 0.241 e. The third-order valence-corrected chi connectivity index (χ3v) is 7.53. The van der Waals surface area contributed by atoms with E-state index >= 15 is 0 Å². The van der Waals surface area contributed by atoms with Crippen molar-refractivity contribution in [2.45, 2.75) is 23.8 Å². The number of nitrogens with zero attached hydrogens (tertiary/aromatic N) is 1. The van der Waals surface area contributed by atoms with Crippen LogP contribution in [0.4, 0.5) is 5.69 Å². The molecular formula is C24H23Cl2N5O3S. The molecule has 1 unspecified atom stereocenters. The number of benzene rings is 3. The number of anilines is 1. The van der Waals surface area contributed by atoms with Gasteiger partial charge in [0.1, 0.15) is 6.04 Å². The van der Waals surface area contributed by atoms with Gasteiger partial charge in [-0.25, -0.2) is 13.4 Å². The molecular weight excluding hydrogens is 509 g/mol. The molecule has 0 aliphatic rings. The quantitative estimate of drug-likeness (QED) is 0.244. The Kier molecular flexibility index (Phi) is 7.61. The number of rotatable bonds is 9. The van der Waals surface area contributed by atoms with Crippen LogP contribution in [0.25, 0.3) is 11.0 Å². The first-order chi connectivity index (χ1) is 16.7. The number of nitrogens with two attached hydrogens (primary N) is 1. The molecule has 4 aromatic rings. The van der Waals surface area contributed by atoms with E-state index in [1.807, 2.05) is 42.5 Å². The minimum Gasteiger partial charge on any atom is -0.396 e. The number of halogens is 2. The third-order valence-electron chi connectivity index (χ3n) is 5.46. The average Bonchev–Trinajstić information content (AvgIpc) is 3.30. The molecule has 0 aliphatic heterocycles. The summed E-state index contributed by atoms with van der Waals surface area (Å²) in [4.78, 5) is 20.2. The van der Waals surface area contributed by atoms with Gasteiger partial charge >= 0.3 is 0 Å². The fourth-order valence-corrected chi connectivity index (χ4v) is 5.46. The number of carbonyl (C=O) groups is 1. The largest absolute Gasteiger partial charge is 0.396 e. The van der Waals surface area contributed by atoms with Crippen LogP contribution in [0.15, 0.2) is 71.9 Å². The van der Waals surface area contributed by atoms with Gasteiger partial charge < -0.3 is 16.0 Å². The summed E-state index contributed by atoms with van der Waals surface area (Å²) in [6, 6.07) is 16.4. The number of fused-ring (bicyclic) bond motifs is 1. The van der Waals surface area contributed by atoms with Crippen LogP contribution in [0.2, 0.25) is 10.0 Å². The van der Waals surface area contributed by atoms with Gasteiger partial charge in [0.15, 0.2) is 0 Å². The number of hydrogen-bond acceptors (Lipinski definition) is 5. The van der Waals surface area contributed by atoms with Crippen LogP contribution >= 0.6 is 23.2 Å². The highest BCUT2D eigenvalue weighted by Crippen LogP contribution is 2.30. The number of aromatic nitrogens is 2. The highest BCUT2D eigenvalue weighted by Gasteiger charge is 2.27. The molecule has 1 heterocycles. The molecule has 0 fully saturated rings. The van der Waals surface area contributed by atoms with Crippen molar-refractivity contribution < 1.29 is 13.2 Å². The summed E-state index contributed by atoms with van der Waals surface area (Å²) >= 11 is 12.1. The Bertz CT molecular complexity index is 1440. The van der Waals surface area contributed by atoms with Gasteiger partial charge in [-0.15, -0.1) is 0 Å². The molecule has 0 saturated carbocycles. The summed E-state index contributed by atoms with van der Waals surface area (Å²) in [5.74, 6) is -0.459. The minimum atomic E-state index is -4.15. The number of aromatic amines is 1. The van der Waals surface area contributed by atoms with Crippen LogP contribution in [-0.4, -0.2) is 36.9 Å². The average molecular weight is 532 g/mol. The molecule has 1 amide bonds. The summed E-state index contributed by atoms with van der Waals surface area (Å²) in [6.07, 6.45) is 2.28. The summed E-state index contributed by atoms with van der Waals surface area (Å²) in [5, 5.41) is 2.84. The summed E-state index contributed by atoms with van der Waals surface area (Å²) in [5.41, 5.74) is 9.16. The van der Waals surface area contributed by atoms with Crippen LogP contribution < -0.4 is 15.8 Å². The molecule has 0 radical (unpaired) electrons. The predicted octanol–water partition coefficient (Wildman–Crippen LogP) is 3.70. The SMILES string of the molecule is Nc1c(Cl)cc(S(=O)(=O)NC(Cc2ccc3[nH]cnc3c2)C(=O)NCCc2ccccc2)cc1Cl. The normalized spacial score (nSPS) is 12.5. The van der Waals surface area contributed by atoms with Gasteiger partial charge in [-0.1, -0.05) is 59.6 Å². The van der Waals surface area contributed by atoms with Crippen LogP contribution in [0.3, 0.4) is 0 Å². The van der Waals surface area contributed by atoms with Crippen LogP contribution in [0.5, 0.6) is 0 Å². The van der Waals surface area contributed by atoms with Crippen LogP contribution in [-0.2, 0) is 27.7 Å². The topological polar surface area (TPSA) is 130 Å². The van der Waals surface area contributed by atoms with E-state index in [0.29, 0.717) is 18.5 Å². The highest BCUT2D eigenvalue weighted by atomic mass is 35.5. The van der Waals surface area contributed by atoms with Gasteiger partial charge in [0.05, 0.1) is 38.0 Å². The molecule has 0 saturated heterocycles. The second kappa shape index (κ2) is 10.7. The van der Waals surface area contributed by atoms with E-state index < -0.39 is 22.0 Å². The Labute approximate surface area is 212 Å². The number of nitrogen functional groups attached to an aromatic ring is 1. The lowest BCUT2D eigenvalue weighted by Crippen LogP contribution is -2.48. The number of sulfonamides is 1. The number of imidazole rings is 1. The van der Waals surface area contributed by atoms with Gasteiger partial charge in [-0.3, -0.25) is 4.79 Å². The van der Waals surface area contributed by atoms with Crippen molar-refractivity contribution in [2.24, 2.45) is 0 Å². The molecule has 1 aromatic heterocycles. The van der Waals surface area contributed by atoms with E-state index in [-0.39, 0.29) is 27.0 Å². The van der Waals surface area contributed by atoms with Crippen molar-refractivity contribution in [3.05, 3.63) is 88.2 Å². The van der Waals surface area contributed by atoms with E-state index in [1.54, 1.807) is 12.4 Å². The summed E-state index contributed by atoms with van der Waals surface area (Å²) < 4.78 is 28.8. The molecule has 0 spiro atoms. The maximum atomic E-state index is 13.2. The number of H-pyrrole nitrogens is 1. The molecule has 182 valence electrons. The van der Waals surface area contributed by atoms with Gasteiger partial charge in [0.2, 0.25) is 15.9 Å². The van der Waals surface area contributed by atoms with E-state index in [2.05, 4.69) is 20.0 Å². The first kappa shape index (κ1) is 25.0. The predicted molar refractivity (Wildman–Crippen MR) is 138 cm³/mol. The number of hydrogen-bond donors (Lipinski definition) is 4. The van der Waals surface area contributed by atoms with Crippen LogP contribution in [0.1, 0.15) is 11.1 Å². The minimum absolute atomic E-state index is 0.00530. The fraction of sp³-hybridized carbons (Fsp3) is 0.167. The van der Waals surface area contributed by atoms with E-state index in [9.17, 15) is 13.2 Å². The van der Waals surface area contributed by atoms with Gasteiger partial charge in [0.25, 0.3) is 0 Å². The Morgan fingerprint density at radius 2 is 1.74 bits per heavy atom. The second-order valence-electron chi connectivity index (χ2n) is 7.96. The fourth-order valence-electron chi connectivity index (χ4n) is 3.60. The number of amides is 1. The van der Waals surface area contributed by atoms with Crippen molar-refractivity contribution in [1.82, 2.24) is 20.0 Å². The van der Waals surface area contributed by atoms with E-state index in [4.69, 9.17) is 28.9 Å². The Morgan fingerprint density at radius 1 is 1.03 bits per heavy atom. The molecule has 5 N–H and O–H groups in total. The molecule has 1 atom stereocenters. The molecule has 8 nitrogen and oxygen atoms in total. The Morgan fingerprint density at radius 3 is 2.46 bits per heavy atom. The zero-order valence-electron chi connectivity index (χ0n) is 18.5. The molecule has 35 heavy (non-hydrogen) atoms. The number of nitrogens with one attached hydrogen (secondary N) is 3. The van der Waals surface area contributed by atoms with Crippen molar-refractivity contribution in [2.75, 3.05) is 12.3 Å². The lowest BCUT2D eigenvalue weighted by atomic mass is 10.1. The standard InChI is InChI=1S/C24H23Cl2N5O3S/c25-18-12-17(13-19(26)23(18)27)35(33,34)31-22(11-16-6-7-20-21(10-16)30-14-29-20)24(32)28-9-8-15-4-2-1-3-5-15/h1-7,10,12-14,22,31H,8-9,11,27H2,(H,28,32)(H,29,30). The van der Waals surface area contributed by atoms with Gasteiger partial charge in [-0.05, 0) is 48.2 Å². The first-order valence-corrected chi connectivity index (χ1v) is 13.0. The van der Waals surface area contributed by atoms with Gasteiger partial charge in [-0.2, -0.15) is 4.72 Å². The lowest BCUT2D eigenvalue weighted by Gasteiger charge is -2.19. The zero-order chi connectivity index (χ0) is 25.0. The van der Waals surface area contributed by atoms with E-state index in [0.717, 1.165) is 16.6 Å². The molecule has 4 rings (SSSR count). The van der Waals surface area contributed by atoms with Crippen molar-refractivity contribution in [3.63, 3.8) is 0 Å². The monoisotopic (exact) mass is 531 g/mol. The highest BCUT2D eigenvalue weighted by molar-refractivity contribution is 7.89. The molecule has 0 bridgehead atoms. The maximum absolute atomic E-state index is 13.2. The van der Waals surface area contributed by atoms with Gasteiger partial charge in [0, 0.05) is 6.54 Å². The summed E-state index contributed by atoms with van der Waals surface area (Å²) in [6.45, 7) is 0.346. The smallest absolute Gasteiger partial charge is 0.241 e. The van der Waals surface area contributed by atoms with Crippen molar-refractivity contribution in [1.29, 1.82) is 0 Å². The van der Waals surface area contributed by atoms with E-state index in [1.165, 1.54) is 12.1 Å². The van der Waals surface area contributed by atoms with Crippen molar-refractivity contribution >= 4 is 55.9 Å². The molecule has 11 heteroatoms. The summed E-state index contributed by atoms with van der Waals surface area (Å²) in [7, 11) is -4.15. The molecule has 3 aromatic carbocycles. The zero-order valence-corrected chi connectivity index (χ0v) is 20.8. The van der Waals surface area contributed by atoms with Crippen LogP contribution in [0, 0.1) is 0 Å². The third kappa shape index (κ3) is 6.12.